The number of nitrogen functional groups attached to an aromatic ring is 1. The molecule has 1 aliphatic heterocycles. The number of aromatic nitrogens is 7. The van der Waals surface area contributed by atoms with Gasteiger partial charge in [-0.3, -0.25) is 9.25 Å². The molecule has 2 bridgehead atoms. The Labute approximate surface area is 200 Å². The number of fused-ring (bicyclic) bond motifs is 7. The van der Waals surface area contributed by atoms with Crippen molar-refractivity contribution in [1.29, 1.82) is 5.26 Å². The molecular formula is C23H24FN9O2. The highest BCUT2D eigenvalue weighted by molar-refractivity contribution is 5.70. The molecule has 1 aromatic carbocycles. The Kier molecular flexibility index (Phi) is 6.09. The Morgan fingerprint density at radius 3 is 2.69 bits per heavy atom. The van der Waals surface area contributed by atoms with E-state index in [1.54, 1.807) is 20.0 Å². The van der Waals surface area contributed by atoms with Crippen molar-refractivity contribution in [2.75, 3.05) is 5.73 Å². The molecule has 5 rings (SSSR count). The Morgan fingerprint density at radius 1 is 1.23 bits per heavy atom. The molecule has 1 atom stereocenters. The van der Waals surface area contributed by atoms with Crippen molar-refractivity contribution in [1.82, 2.24) is 34.1 Å². The molecule has 0 fully saturated rings. The second kappa shape index (κ2) is 9.02. The van der Waals surface area contributed by atoms with E-state index in [0.29, 0.717) is 33.9 Å². The second-order valence-corrected chi connectivity index (χ2v) is 7.66. The lowest BCUT2D eigenvalue weighted by molar-refractivity contribution is 0.218. The van der Waals surface area contributed by atoms with Crippen LogP contribution in [0.3, 0.4) is 0 Å². The molecule has 2 N–H and O–H groups in total. The minimum Gasteiger partial charge on any atom is -0.467 e. The number of benzene rings is 1. The highest BCUT2D eigenvalue weighted by Crippen LogP contribution is 2.35. The van der Waals surface area contributed by atoms with E-state index in [1.165, 1.54) is 39.3 Å². The van der Waals surface area contributed by atoms with Crippen molar-refractivity contribution in [3.8, 4) is 34.6 Å². The van der Waals surface area contributed by atoms with E-state index in [2.05, 4.69) is 26.2 Å². The summed E-state index contributed by atoms with van der Waals surface area (Å²) >= 11 is 0. The van der Waals surface area contributed by atoms with Crippen LogP contribution < -0.4 is 16.2 Å². The molecule has 11 nitrogen and oxygen atoms in total. The SMILES string of the molecule is CC.CC1Oc2nc(cnc2N)-c2c(nn(C)c2C#N)Cn2c(nn(C)c2=O)-c2ccc(F)cc21. The predicted octanol–water partition coefficient (Wildman–Crippen LogP) is 2.56. The largest absolute Gasteiger partial charge is 0.467 e. The fourth-order valence-corrected chi connectivity index (χ4v) is 3.98. The zero-order valence-electron chi connectivity index (χ0n) is 19.9. The molecule has 0 amide bonds. The maximum atomic E-state index is 14.2. The van der Waals surface area contributed by atoms with Crippen LogP contribution in [0.2, 0.25) is 0 Å². The van der Waals surface area contributed by atoms with Crippen molar-refractivity contribution >= 4 is 5.82 Å². The Morgan fingerprint density at radius 2 is 1.97 bits per heavy atom. The normalized spacial score (nSPS) is 14.0. The van der Waals surface area contributed by atoms with E-state index in [0.717, 1.165) is 0 Å². The van der Waals surface area contributed by atoms with E-state index in [4.69, 9.17) is 10.5 Å². The number of hydrogen-bond acceptors (Lipinski definition) is 8. The van der Waals surface area contributed by atoms with Crippen LogP contribution in [0.4, 0.5) is 10.2 Å². The van der Waals surface area contributed by atoms with E-state index in [-0.39, 0.29) is 23.9 Å². The second-order valence-electron chi connectivity index (χ2n) is 7.66. The van der Waals surface area contributed by atoms with Gasteiger partial charge in [-0.05, 0) is 25.1 Å². The first-order chi connectivity index (χ1) is 16.8. The van der Waals surface area contributed by atoms with Gasteiger partial charge >= 0.3 is 5.69 Å². The minimum absolute atomic E-state index is 0.000302. The summed E-state index contributed by atoms with van der Waals surface area (Å²) in [6.07, 6.45) is 0.705. The maximum Gasteiger partial charge on any atom is 0.346 e. The molecular weight excluding hydrogens is 453 g/mol. The van der Waals surface area contributed by atoms with Crippen LogP contribution in [0.25, 0.3) is 22.6 Å². The summed E-state index contributed by atoms with van der Waals surface area (Å²) in [5.74, 6) is -0.0850. The number of anilines is 1. The van der Waals surface area contributed by atoms with Gasteiger partial charge in [0.2, 0.25) is 0 Å². The summed E-state index contributed by atoms with van der Waals surface area (Å²) in [7, 11) is 3.15. The van der Waals surface area contributed by atoms with Crippen LogP contribution in [0, 0.1) is 17.1 Å². The van der Waals surface area contributed by atoms with Crippen LogP contribution in [0.5, 0.6) is 5.88 Å². The first-order valence-corrected chi connectivity index (χ1v) is 11.0. The fourth-order valence-electron chi connectivity index (χ4n) is 3.98. The van der Waals surface area contributed by atoms with Gasteiger partial charge < -0.3 is 10.5 Å². The molecule has 1 unspecified atom stereocenters. The number of nitriles is 1. The van der Waals surface area contributed by atoms with Crippen LogP contribution in [0.1, 0.15) is 43.8 Å². The average molecular weight is 478 g/mol. The summed E-state index contributed by atoms with van der Waals surface area (Å²) in [5.41, 5.74) is 7.92. The smallest absolute Gasteiger partial charge is 0.346 e. The predicted molar refractivity (Wildman–Crippen MR) is 126 cm³/mol. The first-order valence-electron chi connectivity index (χ1n) is 11.0. The summed E-state index contributed by atoms with van der Waals surface area (Å²) in [6.45, 7) is 5.71. The number of nitrogens with zero attached hydrogens (tertiary/aromatic N) is 8. The monoisotopic (exact) mass is 477 g/mol. The maximum absolute atomic E-state index is 14.2. The molecule has 4 aromatic rings. The standard InChI is InChI=1S/C21H18FN9O2.C2H6/c1-10-13-6-11(22)4-5-12(13)19-28-30(3)21(32)31(19)9-15-17(16(7-23)29(2)27-15)14-8-25-18(24)20(26-14)33-10;1-2/h4-6,8,10H,9H2,1-3H3,(H2,24,25);1-2H3. The lowest BCUT2D eigenvalue weighted by Gasteiger charge is -2.20. The Hall–Kier alpha value is -4.53. The summed E-state index contributed by atoms with van der Waals surface area (Å²) in [4.78, 5) is 21.6. The van der Waals surface area contributed by atoms with Crippen LogP contribution >= 0.6 is 0 Å². The molecule has 180 valence electrons. The number of hydrogen-bond donors (Lipinski definition) is 1. The van der Waals surface area contributed by atoms with E-state index < -0.39 is 17.6 Å². The summed E-state index contributed by atoms with van der Waals surface area (Å²) in [6, 6.07) is 6.28. The van der Waals surface area contributed by atoms with Gasteiger partial charge in [0.25, 0.3) is 5.88 Å². The quantitative estimate of drug-likeness (QED) is 0.407. The summed E-state index contributed by atoms with van der Waals surface area (Å²) in [5, 5.41) is 18.6. The van der Waals surface area contributed by atoms with Gasteiger partial charge in [0.1, 0.15) is 23.7 Å². The molecule has 0 saturated heterocycles. The number of aryl methyl sites for hydroxylation is 2. The average Bonchev–Trinajstić information content (AvgIpc) is 3.31. The van der Waals surface area contributed by atoms with Gasteiger partial charge in [0.05, 0.1) is 29.7 Å². The summed E-state index contributed by atoms with van der Waals surface area (Å²) < 4.78 is 24.2. The molecule has 3 aromatic heterocycles. The van der Waals surface area contributed by atoms with Gasteiger partial charge in [-0.2, -0.15) is 10.4 Å². The third-order valence-electron chi connectivity index (χ3n) is 5.55. The minimum atomic E-state index is -0.712. The molecule has 0 radical (unpaired) electrons. The van der Waals surface area contributed by atoms with Crippen molar-refractivity contribution < 1.29 is 9.13 Å². The van der Waals surface area contributed by atoms with Crippen LogP contribution in [-0.4, -0.2) is 34.1 Å². The van der Waals surface area contributed by atoms with Crippen LogP contribution in [-0.2, 0) is 20.6 Å². The molecule has 0 saturated carbocycles. The number of halogens is 1. The molecule has 0 spiro atoms. The zero-order chi connectivity index (χ0) is 25.4. The van der Waals surface area contributed by atoms with Gasteiger partial charge in [-0.1, -0.05) is 13.8 Å². The van der Waals surface area contributed by atoms with Gasteiger partial charge in [0, 0.05) is 25.2 Å². The van der Waals surface area contributed by atoms with E-state index in [9.17, 15) is 14.4 Å². The van der Waals surface area contributed by atoms with E-state index >= 15 is 0 Å². The Bertz CT molecular complexity index is 1530. The van der Waals surface area contributed by atoms with Crippen LogP contribution in [0.15, 0.2) is 29.2 Å². The van der Waals surface area contributed by atoms with E-state index in [1.807, 2.05) is 13.8 Å². The highest BCUT2D eigenvalue weighted by atomic mass is 19.1. The van der Waals surface area contributed by atoms with Crippen molar-refractivity contribution in [2.24, 2.45) is 14.1 Å². The Balaban J connectivity index is 0.00000141. The molecule has 35 heavy (non-hydrogen) atoms. The molecule has 4 heterocycles. The van der Waals surface area contributed by atoms with Gasteiger partial charge in [-0.25, -0.2) is 23.8 Å². The molecule has 12 heteroatoms. The third kappa shape index (κ3) is 3.90. The fraction of sp³-hybridized carbons (Fsp3) is 0.304. The van der Waals surface area contributed by atoms with Gasteiger partial charge in [-0.15, -0.1) is 5.10 Å². The van der Waals surface area contributed by atoms with Gasteiger partial charge in [0.15, 0.2) is 11.6 Å². The van der Waals surface area contributed by atoms with Crippen molar-refractivity contribution in [3.63, 3.8) is 0 Å². The lowest BCUT2D eigenvalue weighted by Crippen LogP contribution is -2.24. The lowest BCUT2D eigenvalue weighted by atomic mass is 10.0. The van der Waals surface area contributed by atoms with Crippen molar-refractivity contribution in [3.05, 3.63) is 57.6 Å². The number of nitrogens with two attached hydrogens (primary N) is 1. The zero-order valence-corrected chi connectivity index (χ0v) is 19.9. The molecule has 1 aliphatic rings. The topological polar surface area (TPSA) is 142 Å². The number of rotatable bonds is 0. The third-order valence-corrected chi connectivity index (χ3v) is 5.55. The van der Waals surface area contributed by atoms with Crippen molar-refractivity contribution in [2.45, 2.75) is 33.4 Å². The number of ether oxygens (including phenoxy) is 1. The highest BCUT2D eigenvalue weighted by Gasteiger charge is 2.27. The first kappa shape index (κ1) is 23.6. The molecule has 0 aliphatic carbocycles.